The first kappa shape index (κ1) is 37.1. The first-order chi connectivity index (χ1) is 24.1. The lowest BCUT2D eigenvalue weighted by Crippen LogP contribution is -2.56. The lowest BCUT2D eigenvalue weighted by molar-refractivity contribution is -0.144. The lowest BCUT2D eigenvalue weighted by Gasteiger charge is -2.37. The number of amides is 3. The maximum absolute atomic E-state index is 15.0. The van der Waals surface area contributed by atoms with E-state index in [1.807, 2.05) is 62.4 Å². The Kier molecular flexibility index (Phi) is 11.7. The summed E-state index contributed by atoms with van der Waals surface area (Å²) in [4.78, 5) is 51.7. The Hall–Kier alpha value is -4.15. The molecule has 5 atom stereocenters. The van der Waals surface area contributed by atoms with E-state index in [0.717, 1.165) is 18.8 Å². The van der Waals surface area contributed by atoms with Crippen molar-refractivity contribution in [3.63, 3.8) is 0 Å². The number of hydrogen-bond acceptors (Lipinski definition) is 7. The summed E-state index contributed by atoms with van der Waals surface area (Å²) in [5.41, 5.74) is 0.339. The molecule has 50 heavy (non-hydrogen) atoms. The van der Waals surface area contributed by atoms with E-state index in [1.54, 1.807) is 26.9 Å². The Balaban J connectivity index is 1.54. The van der Waals surface area contributed by atoms with Gasteiger partial charge in [0.2, 0.25) is 11.8 Å². The van der Waals surface area contributed by atoms with Crippen LogP contribution in [0.1, 0.15) is 59.8 Å². The molecule has 10 nitrogen and oxygen atoms in total. The minimum atomic E-state index is -1.17. The van der Waals surface area contributed by atoms with E-state index in [9.17, 15) is 19.5 Å². The highest BCUT2D eigenvalue weighted by molar-refractivity contribution is 6.07. The molecule has 3 aliphatic heterocycles. The summed E-state index contributed by atoms with van der Waals surface area (Å²) < 4.78 is 12.6. The fraction of sp³-hybridized carbons (Fsp3) is 0.525. The second-order valence-corrected chi connectivity index (χ2v) is 13.6. The number of carbonyl (C=O) groups excluding carboxylic acids is 3. The second-order valence-electron chi connectivity index (χ2n) is 13.6. The number of hydrogen-bond donors (Lipinski definition) is 1. The molecule has 270 valence electrons. The lowest BCUT2D eigenvalue weighted by atomic mass is 9.66. The zero-order chi connectivity index (χ0) is 36.1. The van der Waals surface area contributed by atoms with Gasteiger partial charge in [-0.1, -0.05) is 12.2 Å². The highest BCUT2D eigenvalue weighted by Gasteiger charge is 2.78. The molecule has 2 bridgehead atoms. The van der Waals surface area contributed by atoms with Crippen molar-refractivity contribution < 1.29 is 29.0 Å². The van der Waals surface area contributed by atoms with Crippen molar-refractivity contribution in [1.29, 1.82) is 0 Å². The molecule has 2 aromatic carbocycles. The van der Waals surface area contributed by atoms with Crippen LogP contribution in [0.15, 0.2) is 73.8 Å². The minimum absolute atomic E-state index is 0.0577. The van der Waals surface area contributed by atoms with Gasteiger partial charge in [-0.15, -0.1) is 13.2 Å². The third-order valence-corrected chi connectivity index (χ3v) is 10.7. The average Bonchev–Trinajstić information content (AvgIpc) is 3.69. The van der Waals surface area contributed by atoms with Crippen molar-refractivity contribution in [1.82, 2.24) is 4.90 Å². The van der Waals surface area contributed by atoms with Crippen LogP contribution in [0.25, 0.3) is 0 Å². The average molecular weight is 687 g/mol. The third-order valence-electron chi connectivity index (χ3n) is 10.7. The molecule has 0 aromatic heterocycles. The molecule has 3 aliphatic rings. The van der Waals surface area contributed by atoms with Gasteiger partial charge in [0, 0.05) is 56.4 Å². The summed E-state index contributed by atoms with van der Waals surface area (Å²) in [6.07, 6.45) is 6.32. The van der Waals surface area contributed by atoms with E-state index in [0.29, 0.717) is 62.4 Å². The van der Waals surface area contributed by atoms with Crippen LogP contribution in [0, 0.1) is 11.8 Å². The molecule has 3 heterocycles. The van der Waals surface area contributed by atoms with Gasteiger partial charge < -0.3 is 34.2 Å². The van der Waals surface area contributed by atoms with Crippen LogP contribution >= 0.6 is 0 Å². The molecule has 3 amide bonds. The smallest absolute Gasteiger partial charge is 0.253 e. The maximum Gasteiger partial charge on any atom is 0.253 e. The molecule has 10 heteroatoms. The summed E-state index contributed by atoms with van der Waals surface area (Å²) in [6, 6.07) is 14.3. The Morgan fingerprint density at radius 2 is 1.48 bits per heavy atom. The number of benzene rings is 2. The van der Waals surface area contributed by atoms with Crippen molar-refractivity contribution in [2.75, 3.05) is 60.6 Å². The van der Waals surface area contributed by atoms with Crippen LogP contribution in [-0.2, 0) is 19.1 Å². The number of anilines is 3. The molecule has 1 N–H and O–H groups in total. The highest BCUT2D eigenvalue weighted by Crippen LogP contribution is 2.63. The fourth-order valence-corrected chi connectivity index (χ4v) is 8.43. The molecule has 3 fully saturated rings. The zero-order valence-electron chi connectivity index (χ0n) is 30.2. The van der Waals surface area contributed by atoms with Gasteiger partial charge in [-0.2, -0.15) is 0 Å². The molecule has 1 spiro atoms. The molecular formula is C40H54N4O6. The molecular weight excluding hydrogens is 632 g/mol. The Labute approximate surface area is 297 Å². The Morgan fingerprint density at radius 3 is 2.04 bits per heavy atom. The Morgan fingerprint density at radius 1 is 0.900 bits per heavy atom. The molecule has 2 aromatic rings. The van der Waals surface area contributed by atoms with Crippen molar-refractivity contribution in [3.8, 4) is 5.75 Å². The number of ether oxygens (including phenoxy) is 2. The quantitative estimate of drug-likeness (QED) is 0.161. The van der Waals surface area contributed by atoms with Crippen LogP contribution in [0.3, 0.4) is 0 Å². The first-order valence-corrected chi connectivity index (χ1v) is 18.2. The van der Waals surface area contributed by atoms with Crippen molar-refractivity contribution in [2.45, 2.75) is 77.0 Å². The van der Waals surface area contributed by atoms with Crippen LogP contribution in [0.5, 0.6) is 5.75 Å². The predicted octanol–water partition coefficient (Wildman–Crippen LogP) is 5.60. The topological polar surface area (TPSA) is 103 Å². The van der Waals surface area contributed by atoms with Gasteiger partial charge in [-0.3, -0.25) is 14.4 Å². The minimum Gasteiger partial charge on any atom is -0.494 e. The van der Waals surface area contributed by atoms with Gasteiger partial charge in [0.1, 0.15) is 17.4 Å². The highest BCUT2D eigenvalue weighted by atomic mass is 16.5. The maximum atomic E-state index is 15.0. The molecule has 0 radical (unpaired) electrons. The van der Waals surface area contributed by atoms with Gasteiger partial charge in [0.05, 0.1) is 24.0 Å². The number of aliphatic hydroxyl groups excluding tert-OH is 1. The third kappa shape index (κ3) is 6.67. The van der Waals surface area contributed by atoms with E-state index in [-0.39, 0.29) is 37.4 Å². The van der Waals surface area contributed by atoms with Crippen molar-refractivity contribution in [2.24, 2.45) is 11.8 Å². The largest absolute Gasteiger partial charge is 0.494 e. The summed E-state index contributed by atoms with van der Waals surface area (Å²) in [6.45, 7) is 19.0. The van der Waals surface area contributed by atoms with E-state index in [4.69, 9.17) is 9.47 Å². The monoisotopic (exact) mass is 686 g/mol. The van der Waals surface area contributed by atoms with Gasteiger partial charge in [-0.25, -0.2) is 0 Å². The van der Waals surface area contributed by atoms with Crippen molar-refractivity contribution in [3.05, 3.63) is 73.8 Å². The number of unbranched alkanes of at least 4 members (excludes halogenated alkanes) is 2. The van der Waals surface area contributed by atoms with Gasteiger partial charge in [-0.05, 0) is 108 Å². The van der Waals surface area contributed by atoms with Gasteiger partial charge in [0.25, 0.3) is 5.91 Å². The summed E-state index contributed by atoms with van der Waals surface area (Å²) in [5.74, 6) is -1.62. The van der Waals surface area contributed by atoms with E-state index < -0.39 is 29.1 Å². The van der Waals surface area contributed by atoms with Crippen LogP contribution in [0.2, 0.25) is 0 Å². The van der Waals surface area contributed by atoms with Gasteiger partial charge >= 0.3 is 0 Å². The number of rotatable bonds is 18. The van der Waals surface area contributed by atoms with E-state index >= 15 is 0 Å². The summed E-state index contributed by atoms with van der Waals surface area (Å²) in [5, 5.41) is 9.44. The van der Waals surface area contributed by atoms with Crippen LogP contribution in [0.4, 0.5) is 17.1 Å². The molecule has 0 saturated carbocycles. The number of aliphatic hydroxyl groups is 1. The summed E-state index contributed by atoms with van der Waals surface area (Å²) in [7, 11) is 0. The van der Waals surface area contributed by atoms with Crippen LogP contribution < -0.4 is 19.4 Å². The molecule has 2 unspecified atom stereocenters. The second kappa shape index (κ2) is 15.8. The predicted molar refractivity (Wildman–Crippen MR) is 198 cm³/mol. The number of nitrogens with zero attached hydrogens (tertiary/aromatic N) is 4. The number of likely N-dealkylation sites (tertiary alicyclic amines) is 1. The molecule has 3 saturated heterocycles. The van der Waals surface area contributed by atoms with Crippen LogP contribution in [-0.4, -0.2) is 90.9 Å². The summed E-state index contributed by atoms with van der Waals surface area (Å²) >= 11 is 0. The molecule has 5 rings (SSSR count). The normalized spacial score (nSPS) is 24.9. The van der Waals surface area contributed by atoms with E-state index in [1.165, 1.54) is 0 Å². The first-order valence-electron chi connectivity index (χ1n) is 18.2. The number of carbonyl (C=O) groups is 3. The number of fused-ring (bicyclic) bond motifs is 1. The SMILES string of the molecule is C=CCN(C(=O)C1N(CCCCCO)C(=O)[C@@H]2[C@@H](C(=O)N(CC=C)c3ccc(OCC)cc3)[C@@]3(C)CCC12O3)c1ccc(N(CC)CC)cc1. The van der Waals surface area contributed by atoms with E-state index in [2.05, 4.69) is 31.9 Å². The zero-order valence-corrected chi connectivity index (χ0v) is 30.2. The molecule has 0 aliphatic carbocycles. The standard InChI is InChI=1S/C40H54N4O6/c1-7-25-42(31-19-21-32(22-20-31)49-11-5)36(46)33-34-37(47)44(27-13-12-14-28-45)35(40(34)24-23-39(33,6)50-40)38(48)43(26-8-2)30-17-15-29(16-18-30)41(9-3)10-4/h7-8,15-22,33-35,45H,1-2,9-14,23-28H2,3-6H3/t33-,34-,35?,39+,40?/m0/s1. The Bertz CT molecular complexity index is 1530. The van der Waals surface area contributed by atoms with Gasteiger partial charge in [0.15, 0.2) is 0 Å². The fourth-order valence-electron chi connectivity index (χ4n) is 8.43. The van der Waals surface area contributed by atoms with Crippen molar-refractivity contribution >= 4 is 34.8 Å².